The summed E-state index contributed by atoms with van der Waals surface area (Å²) in [6, 6.07) is 19.7. The van der Waals surface area contributed by atoms with Gasteiger partial charge in [0.25, 0.3) is 0 Å². The fourth-order valence-corrected chi connectivity index (χ4v) is 3.46. The van der Waals surface area contributed by atoms with E-state index in [0.29, 0.717) is 16.7 Å². The Labute approximate surface area is 172 Å². The number of aryl methyl sites for hydroxylation is 1. The maximum absolute atomic E-state index is 6.17. The maximum Gasteiger partial charge on any atom is 0.119 e. The predicted octanol–water partition coefficient (Wildman–Crippen LogP) is 7.26. The van der Waals surface area contributed by atoms with Crippen LogP contribution in [0.25, 0.3) is 0 Å². The summed E-state index contributed by atoms with van der Waals surface area (Å²) in [5, 5.41) is 4.69. The molecule has 134 valence electrons. The Bertz CT molecular complexity index is 823. The SMILES string of the molecule is Cc1cc(Br)ccc1NCc1ccc(OCc2ccc(Cl)cc2Cl)cc1. The molecule has 2 nitrogen and oxygen atoms in total. The van der Waals surface area contributed by atoms with Crippen LogP contribution in [-0.4, -0.2) is 0 Å². The molecule has 0 saturated heterocycles. The van der Waals surface area contributed by atoms with Crippen LogP contribution in [0.2, 0.25) is 10.0 Å². The third-order valence-corrected chi connectivity index (χ3v) is 5.08. The van der Waals surface area contributed by atoms with Crippen LogP contribution < -0.4 is 10.1 Å². The molecule has 0 atom stereocenters. The van der Waals surface area contributed by atoms with Crippen LogP contribution in [0.15, 0.2) is 65.1 Å². The Hall–Kier alpha value is -1.68. The summed E-state index contributed by atoms with van der Waals surface area (Å²) in [5.41, 5.74) is 4.43. The van der Waals surface area contributed by atoms with Crippen molar-refractivity contribution in [2.24, 2.45) is 0 Å². The zero-order valence-corrected chi connectivity index (χ0v) is 17.3. The second kappa shape index (κ2) is 8.81. The highest BCUT2D eigenvalue weighted by Crippen LogP contribution is 2.24. The average Bonchev–Trinajstić information content (AvgIpc) is 2.61. The van der Waals surface area contributed by atoms with E-state index in [1.165, 1.54) is 11.1 Å². The first-order valence-corrected chi connectivity index (χ1v) is 9.72. The van der Waals surface area contributed by atoms with Gasteiger partial charge in [-0.25, -0.2) is 0 Å². The van der Waals surface area contributed by atoms with Crippen molar-refractivity contribution in [3.63, 3.8) is 0 Å². The number of benzene rings is 3. The van der Waals surface area contributed by atoms with Gasteiger partial charge in [-0.1, -0.05) is 57.3 Å². The van der Waals surface area contributed by atoms with Gasteiger partial charge in [0.15, 0.2) is 0 Å². The zero-order chi connectivity index (χ0) is 18.5. The molecule has 0 fully saturated rings. The quantitative estimate of drug-likeness (QED) is 0.426. The molecule has 0 spiro atoms. The summed E-state index contributed by atoms with van der Waals surface area (Å²) in [7, 11) is 0. The van der Waals surface area contributed by atoms with Crippen molar-refractivity contribution < 1.29 is 4.74 Å². The van der Waals surface area contributed by atoms with Crippen LogP contribution in [-0.2, 0) is 13.2 Å². The first-order valence-electron chi connectivity index (χ1n) is 8.17. The Kier molecular flexibility index (Phi) is 6.47. The molecular weight excluding hydrogens is 433 g/mol. The largest absolute Gasteiger partial charge is 0.489 e. The van der Waals surface area contributed by atoms with E-state index in [0.717, 1.165) is 28.0 Å². The molecule has 0 aliphatic heterocycles. The smallest absolute Gasteiger partial charge is 0.119 e. The fraction of sp³-hybridized carbons (Fsp3) is 0.143. The summed E-state index contributed by atoms with van der Waals surface area (Å²) >= 11 is 15.6. The Morgan fingerprint density at radius 2 is 1.73 bits per heavy atom. The van der Waals surface area contributed by atoms with Crippen LogP contribution in [0.3, 0.4) is 0 Å². The van der Waals surface area contributed by atoms with Gasteiger partial charge in [0.1, 0.15) is 12.4 Å². The van der Waals surface area contributed by atoms with E-state index in [2.05, 4.69) is 52.4 Å². The Morgan fingerprint density at radius 1 is 0.962 bits per heavy atom. The highest BCUT2D eigenvalue weighted by molar-refractivity contribution is 9.10. The molecule has 0 aliphatic rings. The van der Waals surface area contributed by atoms with E-state index in [-0.39, 0.29) is 0 Å². The third kappa shape index (κ3) is 5.16. The predicted molar refractivity (Wildman–Crippen MR) is 113 cm³/mol. The summed E-state index contributed by atoms with van der Waals surface area (Å²) in [6.07, 6.45) is 0. The summed E-state index contributed by atoms with van der Waals surface area (Å²) in [5.74, 6) is 0.805. The molecule has 0 aromatic heterocycles. The van der Waals surface area contributed by atoms with Gasteiger partial charge in [-0.3, -0.25) is 0 Å². The Balaban J connectivity index is 1.56. The average molecular weight is 451 g/mol. The van der Waals surface area contributed by atoms with Gasteiger partial charge in [-0.2, -0.15) is 0 Å². The molecule has 0 heterocycles. The first-order chi connectivity index (χ1) is 12.5. The van der Waals surface area contributed by atoms with E-state index in [1.54, 1.807) is 6.07 Å². The second-order valence-corrected chi connectivity index (χ2v) is 7.74. The molecule has 0 saturated carbocycles. The van der Waals surface area contributed by atoms with Crippen LogP contribution in [0.4, 0.5) is 5.69 Å². The molecule has 1 N–H and O–H groups in total. The van der Waals surface area contributed by atoms with Crippen molar-refractivity contribution in [2.75, 3.05) is 5.32 Å². The van der Waals surface area contributed by atoms with Gasteiger partial charge in [0, 0.05) is 32.3 Å². The van der Waals surface area contributed by atoms with Crippen molar-refractivity contribution in [3.05, 3.63) is 91.9 Å². The Morgan fingerprint density at radius 3 is 2.42 bits per heavy atom. The second-order valence-electron chi connectivity index (χ2n) is 5.98. The van der Waals surface area contributed by atoms with Gasteiger partial charge >= 0.3 is 0 Å². The lowest BCUT2D eigenvalue weighted by Crippen LogP contribution is -2.01. The van der Waals surface area contributed by atoms with Gasteiger partial charge in [-0.15, -0.1) is 0 Å². The highest BCUT2D eigenvalue weighted by Gasteiger charge is 2.03. The summed E-state index contributed by atoms with van der Waals surface area (Å²) in [6.45, 7) is 3.25. The number of nitrogens with one attached hydrogen (secondary N) is 1. The van der Waals surface area contributed by atoms with Crippen molar-refractivity contribution in [3.8, 4) is 5.75 Å². The standard InChI is InChI=1S/C21H18BrCl2NO/c1-14-10-17(22)5-9-21(14)25-12-15-2-7-19(8-3-15)26-13-16-4-6-18(23)11-20(16)24/h2-11,25H,12-13H2,1H3. The number of rotatable bonds is 6. The van der Waals surface area contributed by atoms with E-state index in [9.17, 15) is 0 Å². The molecule has 0 radical (unpaired) electrons. The molecule has 0 amide bonds. The number of hydrogen-bond acceptors (Lipinski definition) is 2. The van der Waals surface area contributed by atoms with Crippen LogP contribution >= 0.6 is 39.1 Å². The van der Waals surface area contributed by atoms with Crippen molar-refractivity contribution >= 4 is 44.8 Å². The lowest BCUT2D eigenvalue weighted by molar-refractivity contribution is 0.306. The van der Waals surface area contributed by atoms with E-state index in [1.807, 2.05) is 30.3 Å². The molecule has 26 heavy (non-hydrogen) atoms. The molecule has 0 unspecified atom stereocenters. The zero-order valence-electron chi connectivity index (χ0n) is 14.2. The minimum absolute atomic E-state index is 0.408. The highest BCUT2D eigenvalue weighted by atomic mass is 79.9. The van der Waals surface area contributed by atoms with Gasteiger partial charge < -0.3 is 10.1 Å². The minimum Gasteiger partial charge on any atom is -0.489 e. The van der Waals surface area contributed by atoms with Crippen LogP contribution in [0.5, 0.6) is 5.75 Å². The summed E-state index contributed by atoms with van der Waals surface area (Å²) in [4.78, 5) is 0. The lowest BCUT2D eigenvalue weighted by atomic mass is 10.1. The molecule has 5 heteroatoms. The molecule has 0 aliphatic carbocycles. The monoisotopic (exact) mass is 449 g/mol. The normalized spacial score (nSPS) is 10.6. The van der Waals surface area contributed by atoms with Gasteiger partial charge in [0.2, 0.25) is 0 Å². The van der Waals surface area contributed by atoms with Crippen LogP contribution in [0.1, 0.15) is 16.7 Å². The maximum atomic E-state index is 6.17. The fourth-order valence-electron chi connectivity index (χ4n) is 2.53. The molecule has 3 aromatic carbocycles. The summed E-state index contributed by atoms with van der Waals surface area (Å²) < 4.78 is 6.90. The first kappa shape index (κ1) is 19.1. The number of anilines is 1. The van der Waals surface area contributed by atoms with Gasteiger partial charge in [-0.05, 0) is 60.5 Å². The lowest BCUT2D eigenvalue weighted by Gasteiger charge is -2.11. The van der Waals surface area contributed by atoms with Crippen molar-refractivity contribution in [1.29, 1.82) is 0 Å². The van der Waals surface area contributed by atoms with E-state index >= 15 is 0 Å². The topological polar surface area (TPSA) is 21.3 Å². The molecule has 3 rings (SSSR count). The molecular formula is C21H18BrCl2NO. The third-order valence-electron chi connectivity index (χ3n) is 4.00. The van der Waals surface area contributed by atoms with Crippen molar-refractivity contribution in [2.45, 2.75) is 20.1 Å². The van der Waals surface area contributed by atoms with Crippen LogP contribution in [0, 0.1) is 6.92 Å². The molecule has 0 bridgehead atoms. The number of ether oxygens (including phenoxy) is 1. The number of hydrogen-bond donors (Lipinski definition) is 1. The van der Waals surface area contributed by atoms with Crippen molar-refractivity contribution in [1.82, 2.24) is 0 Å². The number of halogens is 3. The minimum atomic E-state index is 0.408. The molecule has 3 aromatic rings. The van der Waals surface area contributed by atoms with E-state index < -0.39 is 0 Å². The van der Waals surface area contributed by atoms with E-state index in [4.69, 9.17) is 27.9 Å². The van der Waals surface area contributed by atoms with Gasteiger partial charge in [0.05, 0.1) is 0 Å².